The maximum absolute atomic E-state index is 12.5. The Balaban J connectivity index is 1.87. The Morgan fingerprint density at radius 2 is 2.10 bits per heavy atom. The van der Waals surface area contributed by atoms with E-state index in [0.717, 1.165) is 0 Å². The summed E-state index contributed by atoms with van der Waals surface area (Å²) in [5.41, 5.74) is 0.340. The summed E-state index contributed by atoms with van der Waals surface area (Å²) in [5.74, 6) is -0.311. The fraction of sp³-hybridized carbons (Fsp3) is 0.429. The number of rotatable bonds is 2. The summed E-state index contributed by atoms with van der Waals surface area (Å²) >= 11 is 0. The number of hydrogen-bond donors (Lipinski definition) is 1. The second-order valence-corrected chi connectivity index (χ2v) is 5.74. The molecular formula is C14H16N4O3. The molecule has 3 rings (SSSR count). The van der Waals surface area contributed by atoms with Crippen LogP contribution in [-0.4, -0.2) is 49.6 Å². The minimum absolute atomic E-state index is 0.157. The van der Waals surface area contributed by atoms with Crippen molar-refractivity contribution in [3.63, 3.8) is 0 Å². The number of aliphatic carboxylic acids is 1. The largest absolute Gasteiger partial charge is 0.481 e. The van der Waals surface area contributed by atoms with Crippen LogP contribution in [0, 0.1) is 12.3 Å². The Bertz CT molecular complexity index is 739. The molecule has 1 aliphatic heterocycles. The van der Waals surface area contributed by atoms with Gasteiger partial charge in [0, 0.05) is 19.3 Å². The van der Waals surface area contributed by atoms with Gasteiger partial charge < -0.3 is 10.0 Å². The van der Waals surface area contributed by atoms with E-state index in [1.807, 2.05) is 6.92 Å². The van der Waals surface area contributed by atoms with E-state index in [2.05, 4.69) is 10.2 Å². The van der Waals surface area contributed by atoms with Crippen molar-refractivity contribution in [2.45, 2.75) is 20.3 Å². The van der Waals surface area contributed by atoms with Gasteiger partial charge in [-0.2, -0.15) is 0 Å². The van der Waals surface area contributed by atoms with Gasteiger partial charge in [-0.05, 0) is 32.4 Å². The van der Waals surface area contributed by atoms with Crippen LogP contribution >= 0.6 is 0 Å². The van der Waals surface area contributed by atoms with Crippen molar-refractivity contribution in [2.24, 2.45) is 5.41 Å². The zero-order valence-corrected chi connectivity index (χ0v) is 11.9. The van der Waals surface area contributed by atoms with Gasteiger partial charge in [-0.25, -0.2) is 0 Å². The number of carbonyl (C=O) groups excluding carboxylic acids is 1. The number of nitrogens with zero attached hydrogens (tertiary/aromatic N) is 4. The molecule has 2 aromatic rings. The number of likely N-dealkylation sites (tertiary alicyclic amines) is 1. The Kier molecular flexibility index (Phi) is 2.93. The van der Waals surface area contributed by atoms with Crippen LogP contribution in [0.25, 0.3) is 5.65 Å². The average molecular weight is 288 g/mol. The van der Waals surface area contributed by atoms with Crippen LogP contribution in [0.5, 0.6) is 0 Å². The lowest BCUT2D eigenvalue weighted by atomic mass is 9.90. The summed E-state index contributed by atoms with van der Waals surface area (Å²) < 4.78 is 1.75. The van der Waals surface area contributed by atoms with Crippen molar-refractivity contribution in [3.8, 4) is 0 Å². The maximum atomic E-state index is 12.5. The van der Waals surface area contributed by atoms with E-state index >= 15 is 0 Å². The predicted molar refractivity (Wildman–Crippen MR) is 74.0 cm³/mol. The highest BCUT2D eigenvalue weighted by Crippen LogP contribution is 2.31. The molecule has 7 heteroatoms. The van der Waals surface area contributed by atoms with Crippen molar-refractivity contribution >= 4 is 17.5 Å². The quantitative estimate of drug-likeness (QED) is 0.889. The van der Waals surface area contributed by atoms with Crippen LogP contribution in [0.1, 0.15) is 29.5 Å². The van der Waals surface area contributed by atoms with Gasteiger partial charge in [0.05, 0.1) is 11.0 Å². The molecule has 1 fully saturated rings. The first-order chi connectivity index (χ1) is 9.90. The highest BCUT2D eigenvalue weighted by molar-refractivity contribution is 5.95. The number of fused-ring (bicyclic) bond motifs is 1. The van der Waals surface area contributed by atoms with Crippen molar-refractivity contribution in [2.75, 3.05) is 13.1 Å². The summed E-state index contributed by atoms with van der Waals surface area (Å²) in [7, 11) is 0. The van der Waals surface area contributed by atoms with Crippen LogP contribution in [0.2, 0.25) is 0 Å². The first-order valence-electron chi connectivity index (χ1n) is 6.75. The van der Waals surface area contributed by atoms with Crippen LogP contribution in [0.3, 0.4) is 0 Å². The first-order valence-corrected chi connectivity index (χ1v) is 6.75. The zero-order chi connectivity index (χ0) is 15.2. The predicted octanol–water partition coefficient (Wildman–Crippen LogP) is 0.975. The van der Waals surface area contributed by atoms with Crippen molar-refractivity contribution in [1.29, 1.82) is 0 Å². The van der Waals surface area contributed by atoms with Crippen molar-refractivity contribution in [3.05, 3.63) is 29.7 Å². The Morgan fingerprint density at radius 1 is 1.33 bits per heavy atom. The SMILES string of the molecule is Cc1nnc2ccc(C(=O)N3CCC(C)(C(=O)O)C3)cn12. The minimum Gasteiger partial charge on any atom is -0.481 e. The van der Waals surface area contributed by atoms with Gasteiger partial charge in [0.15, 0.2) is 5.65 Å². The lowest BCUT2D eigenvalue weighted by Gasteiger charge is -2.20. The Labute approximate surface area is 121 Å². The number of aromatic nitrogens is 3. The number of carboxylic acid groups (broad SMARTS) is 1. The van der Waals surface area contributed by atoms with E-state index in [9.17, 15) is 14.7 Å². The molecule has 1 unspecified atom stereocenters. The molecule has 21 heavy (non-hydrogen) atoms. The summed E-state index contributed by atoms with van der Waals surface area (Å²) in [6, 6.07) is 3.43. The fourth-order valence-electron chi connectivity index (χ4n) is 2.62. The molecule has 0 spiro atoms. The van der Waals surface area contributed by atoms with Crippen molar-refractivity contribution < 1.29 is 14.7 Å². The number of pyridine rings is 1. The Morgan fingerprint density at radius 3 is 2.76 bits per heavy atom. The Hall–Kier alpha value is -2.44. The van der Waals surface area contributed by atoms with Crippen LogP contribution < -0.4 is 0 Å². The number of hydrogen-bond acceptors (Lipinski definition) is 4. The van der Waals surface area contributed by atoms with Gasteiger partial charge in [-0.15, -0.1) is 10.2 Å². The average Bonchev–Trinajstić information content (AvgIpc) is 3.03. The van der Waals surface area contributed by atoms with Crippen LogP contribution in [0.4, 0.5) is 0 Å². The monoisotopic (exact) mass is 288 g/mol. The maximum Gasteiger partial charge on any atom is 0.311 e. The summed E-state index contributed by atoms with van der Waals surface area (Å²) in [6.07, 6.45) is 2.17. The third kappa shape index (κ3) is 2.14. The molecule has 1 N–H and O–H groups in total. The highest BCUT2D eigenvalue weighted by atomic mass is 16.4. The normalized spacial score (nSPS) is 21.9. The van der Waals surface area contributed by atoms with E-state index in [4.69, 9.17) is 0 Å². The number of amides is 1. The number of carboxylic acids is 1. The molecule has 2 aromatic heterocycles. The third-order valence-electron chi connectivity index (χ3n) is 4.10. The molecule has 1 saturated heterocycles. The molecule has 110 valence electrons. The first kappa shape index (κ1) is 13.5. The molecule has 7 nitrogen and oxygen atoms in total. The van der Waals surface area contributed by atoms with Crippen LogP contribution in [-0.2, 0) is 4.79 Å². The molecule has 1 aliphatic rings. The smallest absolute Gasteiger partial charge is 0.311 e. The van der Waals surface area contributed by atoms with Gasteiger partial charge in [0.1, 0.15) is 5.82 Å². The van der Waals surface area contributed by atoms with Crippen LogP contribution in [0.15, 0.2) is 18.3 Å². The topological polar surface area (TPSA) is 87.8 Å². The summed E-state index contributed by atoms with van der Waals surface area (Å²) in [6.45, 7) is 4.18. The molecule has 0 radical (unpaired) electrons. The van der Waals surface area contributed by atoms with Crippen molar-refractivity contribution in [1.82, 2.24) is 19.5 Å². The van der Waals surface area contributed by atoms with E-state index in [-0.39, 0.29) is 12.5 Å². The van der Waals surface area contributed by atoms with Gasteiger partial charge in [-0.1, -0.05) is 0 Å². The molecule has 0 saturated carbocycles. The molecule has 1 amide bonds. The molecule has 1 atom stereocenters. The van der Waals surface area contributed by atoms with E-state index in [1.165, 1.54) is 0 Å². The zero-order valence-electron chi connectivity index (χ0n) is 11.9. The number of carbonyl (C=O) groups is 2. The highest BCUT2D eigenvalue weighted by Gasteiger charge is 2.42. The summed E-state index contributed by atoms with van der Waals surface area (Å²) in [4.78, 5) is 25.4. The lowest BCUT2D eigenvalue weighted by molar-refractivity contribution is -0.147. The second kappa shape index (κ2) is 4.54. The molecular weight excluding hydrogens is 272 g/mol. The number of aryl methyl sites for hydroxylation is 1. The van der Waals surface area contributed by atoms with E-state index in [0.29, 0.717) is 30.0 Å². The minimum atomic E-state index is -0.858. The third-order valence-corrected chi connectivity index (χ3v) is 4.10. The van der Waals surface area contributed by atoms with Gasteiger partial charge in [0.2, 0.25) is 0 Å². The van der Waals surface area contributed by atoms with Gasteiger partial charge in [-0.3, -0.25) is 14.0 Å². The fourth-order valence-corrected chi connectivity index (χ4v) is 2.62. The molecule has 0 aliphatic carbocycles. The second-order valence-electron chi connectivity index (χ2n) is 5.74. The molecule has 3 heterocycles. The summed E-state index contributed by atoms with van der Waals surface area (Å²) in [5, 5.41) is 17.2. The molecule has 0 aromatic carbocycles. The standard InChI is InChI=1S/C14H16N4O3/c1-9-15-16-11-4-3-10(7-18(9)11)12(19)17-6-5-14(2,8-17)13(20)21/h3-4,7H,5-6,8H2,1-2H3,(H,20,21). The van der Waals surface area contributed by atoms with Gasteiger partial charge >= 0.3 is 5.97 Å². The van der Waals surface area contributed by atoms with Gasteiger partial charge in [0.25, 0.3) is 5.91 Å². The van der Waals surface area contributed by atoms with E-state index < -0.39 is 11.4 Å². The molecule has 0 bridgehead atoms. The van der Waals surface area contributed by atoms with E-state index in [1.54, 1.807) is 34.6 Å². The lowest BCUT2D eigenvalue weighted by Crippen LogP contribution is -2.34.